The molecule has 1 aromatic carbocycles. The van der Waals surface area contributed by atoms with E-state index < -0.39 is 0 Å². The fraction of sp³-hybridized carbons (Fsp3) is 0.381. The number of aromatic nitrogens is 4. The number of aryl methyl sites for hydroxylation is 1. The molecule has 4 rings (SSSR count). The van der Waals surface area contributed by atoms with Gasteiger partial charge in [0.15, 0.2) is 5.96 Å². The Bertz CT molecular complexity index is 950. The Hall–Kier alpha value is -2.56. The van der Waals surface area contributed by atoms with Gasteiger partial charge in [-0.1, -0.05) is 12.1 Å². The van der Waals surface area contributed by atoms with Crippen LogP contribution in [0.1, 0.15) is 18.4 Å². The lowest BCUT2D eigenvalue weighted by Crippen LogP contribution is -2.51. The van der Waals surface area contributed by atoms with Gasteiger partial charge < -0.3 is 15.5 Å². The standard InChI is InChI=1S/C21H28N8.HI/c1-22-21(23-13-17-6-3-8-19(12-17)29-11-5-9-24-29)26-18-7-4-10-28(15-18)20-14-25-27(2)16-20;/h3,5-6,8-9,11-12,14,16,18H,4,7,10,13,15H2,1-2H3,(H2,22,23,26);1H. The SMILES string of the molecule is CN=C(NCc1cccc(-n2cccn2)c1)NC1CCCN(c2cnn(C)c2)C1.I. The number of rotatable bonds is 5. The Balaban J connectivity index is 0.00000256. The van der Waals surface area contributed by atoms with Crippen LogP contribution >= 0.6 is 24.0 Å². The number of hydrogen-bond donors (Lipinski definition) is 2. The van der Waals surface area contributed by atoms with Crippen molar-refractivity contribution in [1.29, 1.82) is 0 Å². The first-order chi connectivity index (χ1) is 14.2. The van der Waals surface area contributed by atoms with Crippen molar-refractivity contribution in [3.8, 4) is 5.69 Å². The van der Waals surface area contributed by atoms with E-state index in [0.29, 0.717) is 12.6 Å². The third-order valence-corrected chi connectivity index (χ3v) is 5.18. The minimum Gasteiger partial charge on any atom is -0.367 e. The van der Waals surface area contributed by atoms with Crippen LogP contribution in [0.15, 0.2) is 60.1 Å². The number of nitrogens with one attached hydrogen (secondary N) is 2. The first-order valence-electron chi connectivity index (χ1n) is 10.0. The van der Waals surface area contributed by atoms with Crippen LogP contribution in [0.2, 0.25) is 0 Å². The van der Waals surface area contributed by atoms with Gasteiger partial charge in [-0.2, -0.15) is 10.2 Å². The smallest absolute Gasteiger partial charge is 0.191 e. The lowest BCUT2D eigenvalue weighted by Gasteiger charge is -2.34. The summed E-state index contributed by atoms with van der Waals surface area (Å²) in [5.41, 5.74) is 3.41. The molecular formula is C21H29IN8. The molecule has 2 N–H and O–H groups in total. The van der Waals surface area contributed by atoms with E-state index >= 15 is 0 Å². The van der Waals surface area contributed by atoms with Gasteiger partial charge >= 0.3 is 0 Å². The molecule has 0 spiro atoms. The summed E-state index contributed by atoms with van der Waals surface area (Å²) in [6, 6.07) is 10.6. The third kappa shape index (κ3) is 5.53. The molecule has 1 aliphatic rings. The molecule has 3 aromatic rings. The Morgan fingerprint density at radius 3 is 2.87 bits per heavy atom. The minimum atomic E-state index is 0. The second-order valence-corrected chi connectivity index (χ2v) is 7.35. The highest BCUT2D eigenvalue weighted by molar-refractivity contribution is 14.0. The molecule has 30 heavy (non-hydrogen) atoms. The molecule has 9 heteroatoms. The summed E-state index contributed by atoms with van der Waals surface area (Å²) in [6.45, 7) is 2.71. The second kappa shape index (κ2) is 10.5. The van der Waals surface area contributed by atoms with E-state index in [4.69, 9.17) is 0 Å². The average molecular weight is 520 g/mol. The van der Waals surface area contributed by atoms with Crippen molar-refractivity contribution >= 4 is 35.6 Å². The molecule has 1 fully saturated rings. The lowest BCUT2D eigenvalue weighted by atomic mass is 10.1. The Morgan fingerprint density at radius 1 is 1.23 bits per heavy atom. The summed E-state index contributed by atoms with van der Waals surface area (Å²) in [6.07, 6.45) is 10.0. The molecule has 2 aromatic heterocycles. The van der Waals surface area contributed by atoms with Crippen LogP contribution in [0.25, 0.3) is 5.69 Å². The molecule has 8 nitrogen and oxygen atoms in total. The van der Waals surface area contributed by atoms with Crippen molar-refractivity contribution in [2.75, 3.05) is 25.0 Å². The summed E-state index contributed by atoms with van der Waals surface area (Å²) in [5.74, 6) is 0.826. The molecule has 0 aliphatic carbocycles. The number of aliphatic imine (C=N–C) groups is 1. The molecule has 1 unspecified atom stereocenters. The van der Waals surface area contributed by atoms with Crippen LogP contribution in [0.4, 0.5) is 5.69 Å². The number of hydrogen-bond acceptors (Lipinski definition) is 4. The maximum absolute atomic E-state index is 4.41. The summed E-state index contributed by atoms with van der Waals surface area (Å²) in [7, 11) is 3.77. The predicted octanol–water partition coefficient (Wildman–Crippen LogP) is 2.56. The van der Waals surface area contributed by atoms with Crippen LogP contribution < -0.4 is 15.5 Å². The number of nitrogens with zero attached hydrogens (tertiary/aromatic N) is 6. The van der Waals surface area contributed by atoms with Crippen LogP contribution in [-0.2, 0) is 13.6 Å². The number of anilines is 1. The van der Waals surface area contributed by atoms with Crippen molar-refractivity contribution in [1.82, 2.24) is 30.2 Å². The highest BCUT2D eigenvalue weighted by Crippen LogP contribution is 2.19. The molecule has 0 amide bonds. The average Bonchev–Trinajstić information content (AvgIpc) is 3.43. The zero-order valence-corrected chi connectivity index (χ0v) is 19.7. The number of guanidine groups is 1. The maximum atomic E-state index is 4.41. The fourth-order valence-corrected chi connectivity index (χ4v) is 3.71. The van der Waals surface area contributed by atoms with Gasteiger partial charge in [0.25, 0.3) is 0 Å². The van der Waals surface area contributed by atoms with Crippen LogP contribution in [0.5, 0.6) is 0 Å². The Morgan fingerprint density at radius 2 is 2.13 bits per heavy atom. The highest BCUT2D eigenvalue weighted by atomic mass is 127. The quantitative estimate of drug-likeness (QED) is 0.308. The van der Waals surface area contributed by atoms with Crippen molar-refractivity contribution in [2.45, 2.75) is 25.4 Å². The Kier molecular flexibility index (Phi) is 7.72. The normalized spacial score (nSPS) is 16.8. The molecule has 0 bridgehead atoms. The molecule has 0 radical (unpaired) electrons. The van der Waals surface area contributed by atoms with Crippen LogP contribution in [-0.4, -0.2) is 51.7 Å². The molecule has 1 aliphatic heterocycles. The van der Waals surface area contributed by atoms with Crippen LogP contribution in [0, 0.1) is 0 Å². The van der Waals surface area contributed by atoms with E-state index in [9.17, 15) is 0 Å². The third-order valence-electron chi connectivity index (χ3n) is 5.18. The van der Waals surface area contributed by atoms with E-state index in [1.54, 1.807) is 6.20 Å². The van der Waals surface area contributed by atoms with Crippen molar-refractivity contribution in [2.24, 2.45) is 12.0 Å². The molecule has 3 heterocycles. The van der Waals surface area contributed by atoms with E-state index in [0.717, 1.165) is 37.6 Å². The number of piperidine rings is 1. The van der Waals surface area contributed by atoms with E-state index in [1.165, 1.54) is 11.3 Å². The maximum Gasteiger partial charge on any atom is 0.191 e. The second-order valence-electron chi connectivity index (χ2n) is 7.35. The number of benzene rings is 1. The van der Waals surface area contributed by atoms with Gasteiger partial charge in [-0.25, -0.2) is 4.68 Å². The van der Waals surface area contributed by atoms with Crippen molar-refractivity contribution in [3.63, 3.8) is 0 Å². The van der Waals surface area contributed by atoms with Gasteiger partial charge in [-0.3, -0.25) is 9.67 Å². The summed E-state index contributed by atoms with van der Waals surface area (Å²) in [4.78, 5) is 6.80. The van der Waals surface area contributed by atoms with Gasteiger partial charge in [-0.05, 0) is 36.6 Å². The summed E-state index contributed by atoms with van der Waals surface area (Å²) in [5, 5.41) is 15.6. The largest absolute Gasteiger partial charge is 0.367 e. The van der Waals surface area contributed by atoms with Crippen molar-refractivity contribution in [3.05, 3.63) is 60.7 Å². The first kappa shape index (κ1) is 22.1. The highest BCUT2D eigenvalue weighted by Gasteiger charge is 2.21. The van der Waals surface area contributed by atoms with Crippen molar-refractivity contribution < 1.29 is 0 Å². The van der Waals surface area contributed by atoms with E-state index in [1.807, 2.05) is 41.9 Å². The van der Waals surface area contributed by atoms with Gasteiger partial charge in [-0.15, -0.1) is 24.0 Å². The van der Waals surface area contributed by atoms with Crippen LogP contribution in [0.3, 0.4) is 0 Å². The zero-order chi connectivity index (χ0) is 20.1. The monoisotopic (exact) mass is 520 g/mol. The van der Waals surface area contributed by atoms with Gasteiger partial charge in [0.2, 0.25) is 0 Å². The molecule has 1 saturated heterocycles. The molecule has 160 valence electrons. The first-order valence-corrected chi connectivity index (χ1v) is 10.0. The van der Waals surface area contributed by atoms with E-state index in [2.05, 4.69) is 61.2 Å². The molecule has 0 saturated carbocycles. The topological polar surface area (TPSA) is 75.3 Å². The summed E-state index contributed by atoms with van der Waals surface area (Å²) >= 11 is 0. The number of halogens is 1. The zero-order valence-electron chi connectivity index (χ0n) is 17.4. The lowest BCUT2D eigenvalue weighted by molar-refractivity contribution is 0.468. The molecular weight excluding hydrogens is 491 g/mol. The van der Waals surface area contributed by atoms with Gasteiger partial charge in [0.05, 0.1) is 17.6 Å². The summed E-state index contributed by atoms with van der Waals surface area (Å²) < 4.78 is 3.72. The fourth-order valence-electron chi connectivity index (χ4n) is 3.71. The Labute approximate surface area is 194 Å². The molecule has 1 atom stereocenters. The minimum absolute atomic E-state index is 0. The van der Waals surface area contributed by atoms with E-state index in [-0.39, 0.29) is 24.0 Å². The van der Waals surface area contributed by atoms with Gasteiger partial charge in [0, 0.05) is 58.4 Å². The van der Waals surface area contributed by atoms with Gasteiger partial charge in [0.1, 0.15) is 0 Å². The predicted molar refractivity (Wildman–Crippen MR) is 131 cm³/mol.